The number of ether oxygens (including phenoxy) is 1. The average Bonchev–Trinajstić information content (AvgIpc) is 3.46. The molecule has 6 rings (SSSR count). The molecular formula is C30H36F4N8OS. The number of rotatable bonds is 11. The minimum absolute atomic E-state index is 0.0136. The largest absolute Gasteiger partial charge is 0.358 e. The van der Waals surface area contributed by atoms with Gasteiger partial charge in [-0.05, 0) is 61.9 Å². The van der Waals surface area contributed by atoms with Gasteiger partial charge in [-0.1, -0.05) is 0 Å². The maximum absolute atomic E-state index is 15.1. The van der Waals surface area contributed by atoms with Gasteiger partial charge in [-0.3, -0.25) is 0 Å². The molecule has 1 saturated heterocycles. The zero-order valence-electron chi connectivity index (χ0n) is 25.1. The Morgan fingerprint density at radius 3 is 2.50 bits per heavy atom. The number of aromatic nitrogens is 6. The molecule has 1 spiro atoms. The molecule has 44 heavy (non-hydrogen) atoms. The van der Waals surface area contributed by atoms with E-state index in [-0.39, 0.29) is 23.3 Å². The van der Waals surface area contributed by atoms with Crippen LogP contribution in [0.3, 0.4) is 0 Å². The smallest absolute Gasteiger partial charge is 0.241 e. The quantitative estimate of drug-likeness (QED) is 0.163. The Bertz CT molecular complexity index is 1620. The summed E-state index contributed by atoms with van der Waals surface area (Å²) in [6.45, 7) is 2.12. The van der Waals surface area contributed by atoms with Crippen LogP contribution in [0.25, 0.3) is 22.5 Å². The van der Waals surface area contributed by atoms with Crippen LogP contribution < -0.4 is 10.2 Å². The number of halogens is 4. The van der Waals surface area contributed by atoms with Crippen LogP contribution in [0, 0.1) is 23.1 Å². The summed E-state index contributed by atoms with van der Waals surface area (Å²) in [5.74, 6) is 0.676. The van der Waals surface area contributed by atoms with Gasteiger partial charge in [0.2, 0.25) is 18.3 Å². The lowest BCUT2D eigenvalue weighted by molar-refractivity contribution is -0.0658. The van der Waals surface area contributed by atoms with Crippen molar-refractivity contribution in [1.82, 2.24) is 29.5 Å². The van der Waals surface area contributed by atoms with Gasteiger partial charge in [-0.15, -0.1) is 10.2 Å². The van der Waals surface area contributed by atoms with Gasteiger partial charge in [-0.2, -0.15) is 9.37 Å². The molecule has 2 aliphatic rings. The first-order valence-electron chi connectivity index (χ1n) is 14.3. The molecule has 0 radical (unpaired) electrons. The lowest BCUT2D eigenvalue weighted by Gasteiger charge is -2.59. The van der Waals surface area contributed by atoms with Crippen LogP contribution in [0.5, 0.6) is 0 Å². The number of alkyl halides is 2. The second kappa shape index (κ2) is 11.7. The summed E-state index contributed by atoms with van der Waals surface area (Å²) in [4.78, 5) is 11.2. The summed E-state index contributed by atoms with van der Waals surface area (Å²) in [5, 5.41) is 11.4. The Labute approximate surface area is 254 Å². The van der Waals surface area contributed by atoms with Crippen molar-refractivity contribution in [2.75, 3.05) is 54.4 Å². The van der Waals surface area contributed by atoms with Gasteiger partial charge < -0.3 is 15.0 Å². The number of aryl methyl sites for hydroxylation is 1. The van der Waals surface area contributed by atoms with Crippen LogP contribution in [0.4, 0.5) is 35.0 Å². The molecule has 4 aromatic rings. The highest BCUT2D eigenvalue weighted by atomic mass is 32.3. The second-order valence-corrected chi connectivity index (χ2v) is 17.3. The van der Waals surface area contributed by atoms with E-state index in [4.69, 9.17) is 4.74 Å². The molecule has 9 nitrogen and oxygen atoms in total. The fourth-order valence-corrected chi connectivity index (χ4v) is 6.41. The molecule has 3 aromatic heterocycles. The first kappa shape index (κ1) is 30.4. The van der Waals surface area contributed by atoms with Crippen molar-refractivity contribution < 1.29 is 22.3 Å². The average molecular weight is 633 g/mol. The molecule has 1 aliphatic heterocycles. The molecule has 1 aromatic carbocycles. The number of benzene rings is 1. The highest BCUT2D eigenvalue weighted by Crippen LogP contribution is 2.54. The van der Waals surface area contributed by atoms with Gasteiger partial charge in [0.25, 0.3) is 0 Å². The number of anilines is 3. The normalized spacial score (nSPS) is 16.8. The van der Waals surface area contributed by atoms with Crippen molar-refractivity contribution in [3.63, 3.8) is 0 Å². The van der Waals surface area contributed by atoms with Crippen LogP contribution in [0.2, 0.25) is 0 Å². The minimum Gasteiger partial charge on any atom is -0.358 e. The highest BCUT2D eigenvalue weighted by Gasteiger charge is 2.55. The molecule has 1 aliphatic carbocycles. The topological polar surface area (TPSA) is 85.9 Å². The lowest BCUT2D eigenvalue weighted by atomic mass is 9.58. The van der Waals surface area contributed by atoms with E-state index >= 15 is 4.39 Å². The molecule has 0 atom stereocenters. The minimum atomic E-state index is -2.23. The maximum atomic E-state index is 15.1. The zero-order chi connectivity index (χ0) is 31.2. The Kier molecular flexibility index (Phi) is 8.07. The standard InChI is InChI=1S/C30H36F4N8OS/c1-40-29(37-28(39-40)19-5-8-25(35-14-19)41-16-30(17-41)12-20(13-30)26(32)33)36-21-6-7-22(24(31)11-21)23-15-42(38-27(23)34)18-43-9-10-44(2,3)4/h5-8,11,14-15,20,26H,9-10,12-13,16-18H2,1-4H3,(H,36,37,39). The molecule has 0 bridgehead atoms. The van der Waals surface area contributed by atoms with Crippen LogP contribution in [0.15, 0.2) is 42.7 Å². The maximum Gasteiger partial charge on any atom is 0.241 e. The van der Waals surface area contributed by atoms with Crippen molar-refractivity contribution >= 4 is 27.5 Å². The first-order valence-corrected chi connectivity index (χ1v) is 17.3. The molecule has 0 amide bonds. The van der Waals surface area contributed by atoms with E-state index < -0.39 is 34.1 Å². The summed E-state index contributed by atoms with van der Waals surface area (Å²) >= 11 is 0. The molecule has 1 saturated carbocycles. The highest BCUT2D eigenvalue weighted by molar-refractivity contribution is 8.32. The van der Waals surface area contributed by atoms with Crippen molar-refractivity contribution in [2.24, 2.45) is 18.4 Å². The Morgan fingerprint density at radius 2 is 1.84 bits per heavy atom. The third kappa shape index (κ3) is 6.41. The van der Waals surface area contributed by atoms with Gasteiger partial charge >= 0.3 is 0 Å². The third-order valence-corrected chi connectivity index (χ3v) is 9.58. The zero-order valence-corrected chi connectivity index (χ0v) is 25.9. The van der Waals surface area contributed by atoms with Gasteiger partial charge in [0.05, 0.1) is 12.2 Å². The fourth-order valence-electron chi connectivity index (χ4n) is 5.79. The summed E-state index contributed by atoms with van der Waals surface area (Å²) in [5.41, 5.74) is 1.27. The van der Waals surface area contributed by atoms with E-state index in [0.717, 1.165) is 24.7 Å². The van der Waals surface area contributed by atoms with Crippen molar-refractivity contribution in [2.45, 2.75) is 26.0 Å². The van der Waals surface area contributed by atoms with E-state index in [1.54, 1.807) is 19.3 Å². The van der Waals surface area contributed by atoms with Gasteiger partial charge in [0.1, 0.15) is 18.4 Å². The number of hydrogen-bond acceptors (Lipinski definition) is 7. The monoisotopic (exact) mass is 632 g/mol. The van der Waals surface area contributed by atoms with Crippen molar-refractivity contribution in [1.29, 1.82) is 0 Å². The molecule has 0 unspecified atom stereocenters. The van der Waals surface area contributed by atoms with Gasteiger partial charge in [-0.25, -0.2) is 37.5 Å². The Morgan fingerprint density at radius 1 is 1.07 bits per heavy atom. The van der Waals surface area contributed by atoms with Gasteiger partial charge in [0.15, 0.2) is 5.82 Å². The number of nitrogens with zero attached hydrogens (tertiary/aromatic N) is 7. The van der Waals surface area contributed by atoms with Crippen LogP contribution in [-0.4, -0.2) is 80.2 Å². The lowest BCUT2D eigenvalue weighted by Crippen LogP contribution is -2.63. The second-order valence-electron chi connectivity index (χ2n) is 12.7. The number of pyridine rings is 1. The van der Waals surface area contributed by atoms with E-state index in [2.05, 4.69) is 49.1 Å². The molecular weight excluding hydrogens is 596 g/mol. The number of hydrogen-bond donors (Lipinski definition) is 1. The summed E-state index contributed by atoms with van der Waals surface area (Å²) in [6, 6.07) is 8.14. The Balaban J connectivity index is 1.07. The third-order valence-electron chi connectivity index (χ3n) is 8.19. The summed E-state index contributed by atoms with van der Waals surface area (Å²) in [6.07, 6.45) is 8.63. The van der Waals surface area contributed by atoms with Crippen molar-refractivity contribution in [3.05, 3.63) is 54.5 Å². The van der Waals surface area contributed by atoms with E-state index in [0.29, 0.717) is 42.5 Å². The number of nitrogens with one attached hydrogen (secondary N) is 1. The molecule has 14 heteroatoms. The summed E-state index contributed by atoms with van der Waals surface area (Å²) < 4.78 is 63.9. The summed E-state index contributed by atoms with van der Waals surface area (Å²) in [7, 11) is 1.02. The van der Waals surface area contributed by atoms with E-state index in [1.165, 1.54) is 27.7 Å². The SMILES string of the molecule is Cn1nc(-c2ccc(N3CC4(CC(C(F)F)C4)C3)nc2)nc1Nc1ccc(-c2cn(COCCS(C)(C)C)nc2F)c(F)c1. The molecule has 1 N–H and O–H groups in total. The molecule has 4 heterocycles. The van der Waals surface area contributed by atoms with Crippen LogP contribution in [0.1, 0.15) is 12.8 Å². The predicted molar refractivity (Wildman–Crippen MR) is 165 cm³/mol. The van der Waals surface area contributed by atoms with E-state index in [1.807, 2.05) is 12.1 Å². The van der Waals surface area contributed by atoms with Crippen LogP contribution >= 0.6 is 10.0 Å². The van der Waals surface area contributed by atoms with Gasteiger partial charge in [0, 0.05) is 66.4 Å². The molecule has 2 fully saturated rings. The van der Waals surface area contributed by atoms with Crippen LogP contribution in [-0.2, 0) is 18.5 Å². The predicted octanol–water partition coefficient (Wildman–Crippen LogP) is 5.91. The fraction of sp³-hybridized carbons (Fsp3) is 0.467. The van der Waals surface area contributed by atoms with E-state index in [9.17, 15) is 13.2 Å². The van der Waals surface area contributed by atoms with Crippen molar-refractivity contribution in [3.8, 4) is 22.5 Å². The molecule has 236 valence electrons. The first-order chi connectivity index (χ1) is 20.9. The Hall–Kier alpha value is -3.65.